The van der Waals surface area contributed by atoms with Crippen LogP contribution in [0.25, 0.3) is 22.4 Å². The monoisotopic (exact) mass is 376 g/mol. The molecule has 1 aromatic heterocycles. The lowest BCUT2D eigenvalue weighted by Gasteiger charge is -2.09. The maximum absolute atomic E-state index is 12.0. The second-order valence-corrected chi connectivity index (χ2v) is 6.14. The fourth-order valence-corrected chi connectivity index (χ4v) is 2.86. The maximum atomic E-state index is 12.0. The summed E-state index contributed by atoms with van der Waals surface area (Å²) in [5.74, 6) is 0.192. The quantitative estimate of drug-likeness (QED) is 0.489. The molecular formula is C18H14Cl2N2O3. The Morgan fingerprint density at radius 2 is 1.88 bits per heavy atom. The number of halogens is 2. The van der Waals surface area contributed by atoms with Gasteiger partial charge < -0.3 is 9.30 Å². The minimum absolute atomic E-state index is 0.00688. The Morgan fingerprint density at radius 1 is 1.20 bits per heavy atom. The molecule has 5 nitrogen and oxygen atoms in total. The smallest absolute Gasteiger partial charge is 0.326 e. The van der Waals surface area contributed by atoms with E-state index in [0.717, 1.165) is 11.8 Å². The molecule has 0 saturated heterocycles. The Balaban J connectivity index is 2.17. The highest BCUT2D eigenvalue weighted by atomic mass is 35.5. The Labute approximate surface area is 154 Å². The van der Waals surface area contributed by atoms with Crippen LogP contribution in [0.15, 0.2) is 36.4 Å². The molecule has 0 spiro atoms. The van der Waals surface area contributed by atoms with Crippen LogP contribution in [0.3, 0.4) is 0 Å². The van der Waals surface area contributed by atoms with Crippen LogP contribution in [0.2, 0.25) is 10.0 Å². The molecule has 7 heteroatoms. The number of esters is 1. The topological polar surface area (TPSA) is 61.2 Å². The highest BCUT2D eigenvalue weighted by Crippen LogP contribution is 2.31. The van der Waals surface area contributed by atoms with E-state index >= 15 is 0 Å². The molecule has 128 valence electrons. The van der Waals surface area contributed by atoms with E-state index in [0.29, 0.717) is 39.1 Å². The molecule has 0 unspecified atom stereocenters. The summed E-state index contributed by atoms with van der Waals surface area (Å²) in [6.07, 6.45) is 0.769. The van der Waals surface area contributed by atoms with E-state index in [4.69, 9.17) is 27.9 Å². The van der Waals surface area contributed by atoms with Crippen molar-refractivity contribution >= 4 is 46.5 Å². The zero-order valence-corrected chi connectivity index (χ0v) is 14.8. The van der Waals surface area contributed by atoms with Gasteiger partial charge in [-0.05, 0) is 19.1 Å². The molecule has 0 radical (unpaired) electrons. The summed E-state index contributed by atoms with van der Waals surface area (Å²) in [6, 6.07) is 10.3. The molecule has 0 fully saturated rings. The van der Waals surface area contributed by atoms with Gasteiger partial charge >= 0.3 is 5.97 Å². The van der Waals surface area contributed by atoms with Crippen molar-refractivity contribution in [2.45, 2.75) is 13.5 Å². The van der Waals surface area contributed by atoms with Crippen molar-refractivity contribution in [1.82, 2.24) is 9.55 Å². The number of rotatable bonds is 5. The average molecular weight is 377 g/mol. The normalized spacial score (nSPS) is 10.8. The number of hydrogen-bond donors (Lipinski definition) is 0. The van der Waals surface area contributed by atoms with Crippen LogP contribution < -0.4 is 0 Å². The first-order valence-electron chi connectivity index (χ1n) is 7.60. The maximum Gasteiger partial charge on any atom is 0.326 e. The van der Waals surface area contributed by atoms with Crippen LogP contribution in [0.1, 0.15) is 17.3 Å². The van der Waals surface area contributed by atoms with Crippen LogP contribution in [0, 0.1) is 0 Å². The largest absolute Gasteiger partial charge is 0.465 e. The first kappa shape index (κ1) is 17.5. The fraction of sp³-hybridized carbons (Fsp3) is 0.167. The third-order valence-electron chi connectivity index (χ3n) is 3.69. The number of carbonyl (C=O) groups excluding carboxylic acids is 2. The molecule has 0 bridgehead atoms. The Hall–Kier alpha value is -2.37. The zero-order valence-electron chi connectivity index (χ0n) is 13.3. The number of benzene rings is 2. The highest BCUT2D eigenvalue weighted by Gasteiger charge is 2.17. The van der Waals surface area contributed by atoms with Crippen molar-refractivity contribution in [2.24, 2.45) is 0 Å². The van der Waals surface area contributed by atoms with Crippen molar-refractivity contribution in [3.63, 3.8) is 0 Å². The molecular weight excluding hydrogens is 363 g/mol. The van der Waals surface area contributed by atoms with Gasteiger partial charge in [-0.25, -0.2) is 4.98 Å². The van der Waals surface area contributed by atoms with E-state index in [1.807, 2.05) is 0 Å². The number of nitrogens with zero attached hydrogens (tertiary/aromatic N) is 2. The van der Waals surface area contributed by atoms with Crippen molar-refractivity contribution in [3.05, 3.63) is 52.0 Å². The third kappa shape index (κ3) is 3.52. The Kier molecular flexibility index (Phi) is 5.06. The molecule has 0 amide bonds. The van der Waals surface area contributed by atoms with Crippen LogP contribution >= 0.6 is 23.2 Å². The minimum Gasteiger partial charge on any atom is -0.465 e. The number of aldehydes is 1. The van der Waals surface area contributed by atoms with E-state index < -0.39 is 0 Å². The highest BCUT2D eigenvalue weighted by molar-refractivity contribution is 6.42. The molecule has 0 aliphatic carbocycles. The zero-order chi connectivity index (χ0) is 18.0. The van der Waals surface area contributed by atoms with Gasteiger partial charge in [-0.2, -0.15) is 0 Å². The lowest BCUT2D eigenvalue weighted by atomic mass is 10.1. The number of imidazole rings is 1. The van der Waals surface area contributed by atoms with Gasteiger partial charge in [-0.15, -0.1) is 0 Å². The van der Waals surface area contributed by atoms with Gasteiger partial charge in [0.25, 0.3) is 0 Å². The third-order valence-corrected chi connectivity index (χ3v) is 4.41. The summed E-state index contributed by atoms with van der Waals surface area (Å²) in [4.78, 5) is 27.4. The molecule has 25 heavy (non-hydrogen) atoms. The number of ether oxygens (including phenoxy) is 1. The van der Waals surface area contributed by atoms with Crippen LogP contribution in [0.4, 0.5) is 0 Å². The number of fused-ring (bicyclic) bond motifs is 1. The SMILES string of the molecule is CCOC(=O)Cn1c(-c2ccc(C=O)cc2)nc2cc(Cl)c(Cl)cc21. The van der Waals surface area contributed by atoms with Gasteiger partial charge in [0, 0.05) is 11.1 Å². The molecule has 0 atom stereocenters. The number of carbonyl (C=O) groups is 2. The summed E-state index contributed by atoms with van der Waals surface area (Å²) in [7, 11) is 0. The first-order valence-corrected chi connectivity index (χ1v) is 8.35. The van der Waals surface area contributed by atoms with E-state index in [9.17, 15) is 9.59 Å². The summed E-state index contributed by atoms with van der Waals surface area (Å²) in [5.41, 5.74) is 2.62. The fourth-order valence-electron chi connectivity index (χ4n) is 2.55. The molecule has 3 rings (SSSR count). The summed E-state index contributed by atoms with van der Waals surface area (Å²) in [5, 5.41) is 0.764. The minimum atomic E-state index is -0.376. The summed E-state index contributed by atoms with van der Waals surface area (Å²) >= 11 is 12.2. The van der Waals surface area contributed by atoms with Crippen LogP contribution in [0.5, 0.6) is 0 Å². The second kappa shape index (κ2) is 7.25. The van der Waals surface area contributed by atoms with E-state index in [2.05, 4.69) is 4.98 Å². The van der Waals surface area contributed by atoms with Crippen LogP contribution in [-0.4, -0.2) is 28.4 Å². The van der Waals surface area contributed by atoms with Gasteiger partial charge in [0.05, 0.1) is 27.7 Å². The Morgan fingerprint density at radius 3 is 2.52 bits per heavy atom. The van der Waals surface area contributed by atoms with Gasteiger partial charge in [-0.3, -0.25) is 9.59 Å². The lowest BCUT2D eigenvalue weighted by molar-refractivity contribution is -0.143. The standard InChI is InChI=1S/C18H14Cl2N2O3/c1-2-25-17(24)9-22-16-8-14(20)13(19)7-15(16)21-18(22)12-5-3-11(10-23)4-6-12/h3-8,10H,2,9H2,1H3. The van der Waals surface area contributed by atoms with E-state index in [1.54, 1.807) is 47.9 Å². The first-order chi connectivity index (χ1) is 12.0. The molecule has 0 aliphatic rings. The molecule has 1 heterocycles. The summed E-state index contributed by atoms with van der Waals surface area (Å²) < 4.78 is 6.78. The Bertz CT molecular complexity index is 949. The van der Waals surface area contributed by atoms with Crippen molar-refractivity contribution in [2.75, 3.05) is 6.61 Å². The van der Waals surface area contributed by atoms with Gasteiger partial charge in [-0.1, -0.05) is 47.5 Å². The van der Waals surface area contributed by atoms with E-state index in [-0.39, 0.29) is 12.5 Å². The van der Waals surface area contributed by atoms with Gasteiger partial charge in [0.15, 0.2) is 0 Å². The second-order valence-electron chi connectivity index (χ2n) is 5.32. The van der Waals surface area contributed by atoms with Crippen molar-refractivity contribution in [1.29, 1.82) is 0 Å². The van der Waals surface area contributed by atoms with Gasteiger partial charge in [0.1, 0.15) is 18.7 Å². The molecule has 2 aromatic carbocycles. The molecule has 0 saturated carbocycles. The molecule has 0 aliphatic heterocycles. The average Bonchev–Trinajstić information content (AvgIpc) is 2.93. The van der Waals surface area contributed by atoms with Crippen LogP contribution in [-0.2, 0) is 16.1 Å². The molecule has 0 N–H and O–H groups in total. The summed E-state index contributed by atoms with van der Waals surface area (Å²) in [6.45, 7) is 2.04. The predicted molar refractivity (Wildman–Crippen MR) is 97.2 cm³/mol. The van der Waals surface area contributed by atoms with E-state index in [1.165, 1.54) is 0 Å². The van der Waals surface area contributed by atoms with Gasteiger partial charge in [0.2, 0.25) is 0 Å². The number of hydrogen-bond acceptors (Lipinski definition) is 4. The number of aromatic nitrogens is 2. The molecule has 3 aromatic rings. The predicted octanol–water partition coefficient (Wildman–Crippen LogP) is 4.39. The lowest BCUT2D eigenvalue weighted by Crippen LogP contribution is -2.14. The van der Waals surface area contributed by atoms with Crippen molar-refractivity contribution in [3.8, 4) is 11.4 Å². The van der Waals surface area contributed by atoms with Crippen molar-refractivity contribution < 1.29 is 14.3 Å².